The van der Waals surface area contributed by atoms with E-state index in [0.717, 1.165) is 6.07 Å². The molecule has 2 nitrogen and oxygen atoms in total. The maximum atomic E-state index is 12.5. The van der Waals surface area contributed by atoms with Gasteiger partial charge >= 0.3 is 6.18 Å². The summed E-state index contributed by atoms with van der Waals surface area (Å²) in [6.07, 6.45) is -2.93. The number of aliphatic imine (C=N–C) groups is 1. The van der Waals surface area contributed by atoms with Crippen LogP contribution in [-0.2, 0) is 17.4 Å². The summed E-state index contributed by atoms with van der Waals surface area (Å²) in [4.78, 5) is 13.1. The molecule has 15 heavy (non-hydrogen) atoms. The fourth-order valence-corrected chi connectivity index (χ4v) is 1.26. The van der Waals surface area contributed by atoms with Crippen molar-refractivity contribution >= 4 is 11.8 Å². The molecule has 5 heteroatoms. The molecule has 0 saturated carbocycles. The number of rotatable bonds is 2. The molecule has 0 spiro atoms. The first-order valence-corrected chi connectivity index (χ1v) is 4.27. The molecule has 0 aliphatic carbocycles. The van der Waals surface area contributed by atoms with Crippen LogP contribution >= 0.6 is 0 Å². The molecule has 0 radical (unpaired) electrons. The van der Waals surface area contributed by atoms with Crippen molar-refractivity contribution in [2.75, 3.05) is 0 Å². The number of hydrogen-bond donors (Lipinski definition) is 0. The highest BCUT2D eigenvalue weighted by atomic mass is 19.4. The van der Waals surface area contributed by atoms with E-state index in [4.69, 9.17) is 0 Å². The topological polar surface area (TPSA) is 29.4 Å². The second-order valence-corrected chi connectivity index (χ2v) is 2.90. The second-order valence-electron chi connectivity index (χ2n) is 2.90. The molecule has 0 atom stereocenters. The smallest absolute Gasteiger partial charge is 0.211 e. The lowest BCUT2D eigenvalue weighted by molar-refractivity contribution is -0.138. The van der Waals surface area contributed by atoms with E-state index in [1.165, 1.54) is 18.2 Å². The van der Waals surface area contributed by atoms with Gasteiger partial charge in [-0.15, -0.1) is 0 Å². The van der Waals surface area contributed by atoms with Crippen LogP contribution in [0.15, 0.2) is 23.2 Å². The molecule has 0 heterocycles. The van der Waals surface area contributed by atoms with Crippen LogP contribution in [-0.4, -0.2) is 6.08 Å². The zero-order valence-electron chi connectivity index (χ0n) is 7.93. The van der Waals surface area contributed by atoms with Crippen LogP contribution in [0, 0.1) is 0 Å². The lowest BCUT2D eigenvalue weighted by Gasteiger charge is -2.11. The Morgan fingerprint density at radius 1 is 1.40 bits per heavy atom. The molecule has 0 fully saturated rings. The van der Waals surface area contributed by atoms with Crippen molar-refractivity contribution in [3.63, 3.8) is 0 Å². The van der Waals surface area contributed by atoms with Crippen LogP contribution < -0.4 is 0 Å². The van der Waals surface area contributed by atoms with E-state index in [-0.39, 0.29) is 17.7 Å². The molecule has 0 N–H and O–H groups in total. The van der Waals surface area contributed by atoms with Crippen molar-refractivity contribution in [2.24, 2.45) is 4.99 Å². The Bertz CT molecular complexity index is 406. The highest BCUT2D eigenvalue weighted by Gasteiger charge is 2.33. The van der Waals surface area contributed by atoms with Crippen molar-refractivity contribution < 1.29 is 18.0 Å². The SMILES string of the molecule is CCc1ccc(N=C=O)cc1C(F)(F)F. The monoisotopic (exact) mass is 215 g/mol. The predicted octanol–water partition coefficient (Wildman–Crippen LogP) is 3.24. The number of halogens is 3. The van der Waals surface area contributed by atoms with Gasteiger partial charge in [0.25, 0.3) is 0 Å². The summed E-state index contributed by atoms with van der Waals surface area (Å²) in [5, 5.41) is 0. The summed E-state index contributed by atoms with van der Waals surface area (Å²) in [5.74, 6) is 0. The van der Waals surface area contributed by atoms with Crippen molar-refractivity contribution in [1.29, 1.82) is 0 Å². The van der Waals surface area contributed by atoms with E-state index < -0.39 is 11.7 Å². The minimum atomic E-state index is -4.42. The molecule has 0 aliphatic heterocycles. The molecule has 0 saturated heterocycles. The lowest BCUT2D eigenvalue weighted by atomic mass is 10.0. The summed E-state index contributed by atoms with van der Waals surface area (Å²) in [5.41, 5.74) is -0.594. The van der Waals surface area contributed by atoms with Gasteiger partial charge in [-0.3, -0.25) is 0 Å². The number of benzene rings is 1. The molecule has 1 aromatic carbocycles. The zero-order chi connectivity index (χ0) is 11.5. The van der Waals surface area contributed by atoms with Crippen LogP contribution in [0.25, 0.3) is 0 Å². The Labute approximate surface area is 84.4 Å². The molecule has 0 aliphatic rings. The van der Waals surface area contributed by atoms with Gasteiger partial charge in [-0.05, 0) is 24.1 Å². The maximum Gasteiger partial charge on any atom is 0.416 e. The minimum absolute atomic E-state index is 0.0328. The van der Waals surface area contributed by atoms with E-state index in [2.05, 4.69) is 4.99 Å². The van der Waals surface area contributed by atoms with Gasteiger partial charge in [0.15, 0.2) is 0 Å². The van der Waals surface area contributed by atoms with Crippen LogP contribution in [0.1, 0.15) is 18.1 Å². The summed E-state index contributed by atoms with van der Waals surface area (Å²) in [6, 6.07) is 3.53. The van der Waals surface area contributed by atoms with Gasteiger partial charge in [0.1, 0.15) is 0 Å². The second kappa shape index (κ2) is 4.28. The maximum absolute atomic E-state index is 12.5. The van der Waals surface area contributed by atoms with Gasteiger partial charge in [0.2, 0.25) is 6.08 Å². The Morgan fingerprint density at radius 3 is 2.53 bits per heavy atom. The Hall–Kier alpha value is -1.61. The van der Waals surface area contributed by atoms with Crippen molar-refractivity contribution in [3.8, 4) is 0 Å². The first-order valence-electron chi connectivity index (χ1n) is 4.27. The molecule has 0 amide bonds. The van der Waals surface area contributed by atoms with E-state index in [1.54, 1.807) is 6.92 Å². The molecule has 0 bridgehead atoms. The third-order valence-electron chi connectivity index (χ3n) is 1.95. The van der Waals surface area contributed by atoms with Gasteiger partial charge in [0.05, 0.1) is 11.3 Å². The van der Waals surface area contributed by atoms with Crippen molar-refractivity contribution in [3.05, 3.63) is 29.3 Å². The predicted molar refractivity (Wildman–Crippen MR) is 48.6 cm³/mol. The highest BCUT2D eigenvalue weighted by molar-refractivity contribution is 5.52. The number of alkyl halides is 3. The zero-order valence-corrected chi connectivity index (χ0v) is 7.93. The van der Waals surface area contributed by atoms with Crippen LogP contribution in [0.4, 0.5) is 18.9 Å². The summed E-state index contributed by atoms with van der Waals surface area (Å²) in [6.45, 7) is 1.63. The quantitative estimate of drug-likeness (QED) is 0.550. The number of carbonyl (C=O) groups excluding carboxylic acids is 1. The fourth-order valence-electron chi connectivity index (χ4n) is 1.26. The van der Waals surface area contributed by atoms with E-state index in [9.17, 15) is 18.0 Å². The third kappa shape index (κ3) is 2.67. The molecule has 80 valence electrons. The number of nitrogens with zero attached hydrogens (tertiary/aromatic N) is 1. The summed E-state index contributed by atoms with van der Waals surface area (Å²) >= 11 is 0. The summed E-state index contributed by atoms with van der Waals surface area (Å²) in [7, 11) is 0. The van der Waals surface area contributed by atoms with Gasteiger partial charge in [-0.2, -0.15) is 18.2 Å². The van der Waals surface area contributed by atoms with Crippen molar-refractivity contribution in [1.82, 2.24) is 0 Å². The van der Waals surface area contributed by atoms with Gasteiger partial charge < -0.3 is 0 Å². The number of isocyanates is 1. The lowest BCUT2D eigenvalue weighted by Crippen LogP contribution is -2.08. The summed E-state index contributed by atoms with van der Waals surface area (Å²) < 4.78 is 37.5. The Kier molecular flexibility index (Phi) is 3.27. The average molecular weight is 215 g/mol. The molecular weight excluding hydrogens is 207 g/mol. The van der Waals surface area contributed by atoms with Gasteiger partial charge in [0, 0.05) is 0 Å². The molecule has 0 unspecified atom stereocenters. The van der Waals surface area contributed by atoms with Crippen LogP contribution in [0.2, 0.25) is 0 Å². The minimum Gasteiger partial charge on any atom is -0.211 e. The van der Waals surface area contributed by atoms with Gasteiger partial charge in [-0.1, -0.05) is 13.0 Å². The fraction of sp³-hybridized carbons (Fsp3) is 0.300. The normalized spacial score (nSPS) is 10.9. The molecule has 0 aromatic heterocycles. The van der Waals surface area contributed by atoms with Crippen LogP contribution in [0.5, 0.6) is 0 Å². The van der Waals surface area contributed by atoms with E-state index in [1.807, 2.05) is 0 Å². The number of aryl methyl sites for hydroxylation is 1. The van der Waals surface area contributed by atoms with E-state index >= 15 is 0 Å². The average Bonchev–Trinajstić information content (AvgIpc) is 2.17. The van der Waals surface area contributed by atoms with Gasteiger partial charge in [-0.25, -0.2) is 4.79 Å². The standard InChI is InChI=1S/C10H8F3NO/c1-2-7-3-4-8(14-6-15)5-9(7)10(11,12)13/h3-5H,2H2,1H3. The number of hydrogen-bond acceptors (Lipinski definition) is 2. The highest BCUT2D eigenvalue weighted by Crippen LogP contribution is 2.34. The first kappa shape index (κ1) is 11.5. The largest absolute Gasteiger partial charge is 0.416 e. The van der Waals surface area contributed by atoms with Crippen molar-refractivity contribution in [2.45, 2.75) is 19.5 Å². The van der Waals surface area contributed by atoms with E-state index in [0.29, 0.717) is 0 Å². The Balaban J connectivity index is 3.31. The third-order valence-corrected chi connectivity index (χ3v) is 1.95. The Morgan fingerprint density at radius 2 is 2.07 bits per heavy atom. The molecular formula is C10H8F3NO. The molecule has 1 rings (SSSR count). The van der Waals surface area contributed by atoms with Crippen LogP contribution in [0.3, 0.4) is 0 Å². The first-order chi connectivity index (χ1) is 6.99. The molecule has 1 aromatic rings.